The van der Waals surface area contributed by atoms with Gasteiger partial charge in [0.25, 0.3) is 0 Å². The topological polar surface area (TPSA) is 68.8 Å². The molecule has 1 aromatic carbocycles. The van der Waals surface area contributed by atoms with E-state index in [9.17, 15) is 4.79 Å². The van der Waals surface area contributed by atoms with E-state index >= 15 is 0 Å². The fourth-order valence-corrected chi connectivity index (χ4v) is 3.54. The van der Waals surface area contributed by atoms with E-state index in [1.54, 1.807) is 6.33 Å². The van der Waals surface area contributed by atoms with Crippen LogP contribution in [-0.4, -0.2) is 41.9 Å². The Bertz CT molecular complexity index is 927. The summed E-state index contributed by atoms with van der Waals surface area (Å²) >= 11 is 0. The first kappa shape index (κ1) is 16.5. The average molecular weight is 350 g/mol. The summed E-state index contributed by atoms with van der Waals surface area (Å²) in [6, 6.07) is 10.1. The zero-order valence-electron chi connectivity index (χ0n) is 15.1. The van der Waals surface area contributed by atoms with Gasteiger partial charge < -0.3 is 9.47 Å². The molecule has 0 N–H and O–H groups in total. The molecule has 0 saturated heterocycles. The third-order valence-corrected chi connectivity index (χ3v) is 4.99. The number of fused-ring (bicyclic) bond motifs is 1. The predicted molar refractivity (Wildman–Crippen MR) is 97.1 cm³/mol. The van der Waals surface area contributed by atoms with Gasteiger partial charge in [0.1, 0.15) is 12.0 Å². The van der Waals surface area contributed by atoms with Gasteiger partial charge in [-0.3, -0.25) is 9.48 Å². The fourth-order valence-electron chi connectivity index (χ4n) is 3.54. The summed E-state index contributed by atoms with van der Waals surface area (Å²) in [5.74, 6) is 0.924. The smallest absolute Gasteiger partial charge is 0.223 e. The lowest BCUT2D eigenvalue weighted by molar-refractivity contribution is -0.132. The van der Waals surface area contributed by atoms with Crippen LogP contribution >= 0.6 is 0 Å². The molecular weight excluding hydrogens is 328 g/mol. The maximum Gasteiger partial charge on any atom is 0.223 e. The number of aryl methyl sites for hydroxylation is 3. The Morgan fingerprint density at radius 3 is 2.73 bits per heavy atom. The molecular formula is C19H22N6O. The molecule has 7 nitrogen and oxygen atoms in total. The van der Waals surface area contributed by atoms with Gasteiger partial charge in [-0.05, 0) is 12.0 Å². The molecule has 0 aliphatic carbocycles. The van der Waals surface area contributed by atoms with E-state index in [2.05, 4.69) is 27.4 Å². The summed E-state index contributed by atoms with van der Waals surface area (Å²) in [7, 11) is 3.85. The van der Waals surface area contributed by atoms with Gasteiger partial charge in [0.05, 0.1) is 0 Å². The largest absolute Gasteiger partial charge is 0.338 e. The van der Waals surface area contributed by atoms with E-state index in [0.717, 1.165) is 36.5 Å². The van der Waals surface area contributed by atoms with Gasteiger partial charge in [-0.25, -0.2) is 0 Å². The Hall–Kier alpha value is -2.96. The minimum absolute atomic E-state index is 0.187. The summed E-state index contributed by atoms with van der Waals surface area (Å²) in [4.78, 5) is 14.7. The standard InChI is InChI=1S/C19H22N6O/c1-23-13-20-21-19(23)18-15-12-25(11-10-16(15)24(2)22-18)17(26)9-8-14-6-4-3-5-7-14/h3-7,13H,8-12H2,1-2H3. The Labute approximate surface area is 152 Å². The van der Waals surface area contributed by atoms with E-state index in [-0.39, 0.29) is 5.91 Å². The molecule has 0 spiro atoms. The number of rotatable bonds is 4. The van der Waals surface area contributed by atoms with Gasteiger partial charge in [0.15, 0.2) is 5.82 Å². The lowest BCUT2D eigenvalue weighted by Crippen LogP contribution is -2.36. The van der Waals surface area contributed by atoms with Crippen LogP contribution < -0.4 is 0 Å². The molecule has 4 rings (SSSR count). The number of aromatic nitrogens is 5. The van der Waals surface area contributed by atoms with Crippen LogP contribution in [0.5, 0.6) is 0 Å². The average Bonchev–Trinajstić information content (AvgIpc) is 3.23. The van der Waals surface area contributed by atoms with Gasteiger partial charge in [-0.15, -0.1) is 10.2 Å². The Morgan fingerprint density at radius 2 is 2.00 bits per heavy atom. The van der Waals surface area contributed by atoms with Crippen molar-refractivity contribution in [2.24, 2.45) is 14.1 Å². The van der Waals surface area contributed by atoms with Crippen LogP contribution in [0.25, 0.3) is 11.5 Å². The molecule has 3 aromatic rings. The van der Waals surface area contributed by atoms with Crippen molar-refractivity contribution in [3.8, 4) is 11.5 Å². The highest BCUT2D eigenvalue weighted by Gasteiger charge is 2.28. The first-order chi connectivity index (χ1) is 12.6. The van der Waals surface area contributed by atoms with E-state index in [1.807, 2.05) is 46.4 Å². The maximum atomic E-state index is 12.7. The van der Waals surface area contributed by atoms with Crippen LogP contribution in [0.2, 0.25) is 0 Å². The lowest BCUT2D eigenvalue weighted by atomic mass is 10.0. The second-order valence-electron chi connectivity index (χ2n) is 6.71. The van der Waals surface area contributed by atoms with Crippen molar-refractivity contribution in [3.05, 3.63) is 53.5 Å². The molecule has 0 atom stereocenters. The van der Waals surface area contributed by atoms with Crippen molar-refractivity contribution in [1.82, 2.24) is 29.4 Å². The summed E-state index contributed by atoms with van der Waals surface area (Å²) in [6.07, 6.45) is 3.78. The fraction of sp³-hybridized carbons (Fsp3) is 0.368. The SMILES string of the molecule is Cn1cnnc1-c1nn(C)c2c1CN(C(=O)CCc1ccccc1)CC2. The molecule has 134 valence electrons. The molecule has 1 aliphatic rings. The van der Waals surface area contributed by atoms with Crippen molar-refractivity contribution in [2.45, 2.75) is 25.8 Å². The summed E-state index contributed by atoms with van der Waals surface area (Å²) in [5, 5.41) is 12.8. The number of hydrogen-bond donors (Lipinski definition) is 0. The van der Waals surface area contributed by atoms with E-state index in [4.69, 9.17) is 0 Å². The second kappa shape index (κ2) is 6.74. The van der Waals surface area contributed by atoms with Crippen LogP contribution in [0, 0.1) is 0 Å². The summed E-state index contributed by atoms with van der Waals surface area (Å²) in [6.45, 7) is 1.32. The minimum atomic E-state index is 0.187. The van der Waals surface area contributed by atoms with Crippen molar-refractivity contribution in [1.29, 1.82) is 0 Å². The van der Waals surface area contributed by atoms with E-state index in [1.165, 1.54) is 11.3 Å². The Kier molecular flexibility index (Phi) is 4.28. The van der Waals surface area contributed by atoms with Gasteiger partial charge in [0.2, 0.25) is 5.91 Å². The number of nitrogens with zero attached hydrogens (tertiary/aromatic N) is 6. The molecule has 0 fully saturated rings. The monoisotopic (exact) mass is 350 g/mol. The van der Waals surface area contributed by atoms with Crippen molar-refractivity contribution in [2.75, 3.05) is 6.54 Å². The summed E-state index contributed by atoms with van der Waals surface area (Å²) in [5.41, 5.74) is 4.28. The van der Waals surface area contributed by atoms with Crippen LogP contribution in [0.4, 0.5) is 0 Å². The van der Waals surface area contributed by atoms with Crippen molar-refractivity contribution in [3.63, 3.8) is 0 Å². The molecule has 0 bridgehead atoms. The Morgan fingerprint density at radius 1 is 1.19 bits per heavy atom. The lowest BCUT2D eigenvalue weighted by Gasteiger charge is -2.27. The van der Waals surface area contributed by atoms with E-state index in [0.29, 0.717) is 13.0 Å². The number of amides is 1. The molecule has 2 aromatic heterocycles. The second-order valence-corrected chi connectivity index (χ2v) is 6.71. The maximum absolute atomic E-state index is 12.7. The van der Waals surface area contributed by atoms with Crippen LogP contribution in [0.15, 0.2) is 36.7 Å². The summed E-state index contributed by atoms with van der Waals surface area (Å²) < 4.78 is 3.77. The number of carbonyl (C=O) groups excluding carboxylic acids is 1. The van der Waals surface area contributed by atoms with Crippen LogP contribution in [0.1, 0.15) is 23.2 Å². The van der Waals surface area contributed by atoms with Crippen LogP contribution in [-0.2, 0) is 38.3 Å². The molecule has 3 heterocycles. The molecule has 0 saturated carbocycles. The van der Waals surface area contributed by atoms with Crippen molar-refractivity contribution < 1.29 is 4.79 Å². The molecule has 7 heteroatoms. The number of carbonyl (C=O) groups is 1. The molecule has 26 heavy (non-hydrogen) atoms. The number of benzene rings is 1. The van der Waals surface area contributed by atoms with Gasteiger partial charge in [-0.1, -0.05) is 30.3 Å². The third-order valence-electron chi connectivity index (χ3n) is 4.99. The normalized spacial score (nSPS) is 13.7. The van der Waals surface area contributed by atoms with Gasteiger partial charge in [0, 0.05) is 51.3 Å². The van der Waals surface area contributed by atoms with Gasteiger partial charge >= 0.3 is 0 Å². The zero-order chi connectivity index (χ0) is 18.1. The van der Waals surface area contributed by atoms with Gasteiger partial charge in [-0.2, -0.15) is 5.10 Å². The zero-order valence-corrected chi connectivity index (χ0v) is 15.1. The number of hydrogen-bond acceptors (Lipinski definition) is 4. The van der Waals surface area contributed by atoms with Crippen LogP contribution in [0.3, 0.4) is 0 Å². The first-order valence-electron chi connectivity index (χ1n) is 8.84. The Balaban J connectivity index is 1.52. The molecule has 1 amide bonds. The van der Waals surface area contributed by atoms with E-state index < -0.39 is 0 Å². The molecule has 1 aliphatic heterocycles. The third kappa shape index (κ3) is 3.00. The van der Waals surface area contributed by atoms with Crippen molar-refractivity contribution >= 4 is 5.91 Å². The highest BCUT2D eigenvalue weighted by Crippen LogP contribution is 2.28. The minimum Gasteiger partial charge on any atom is -0.338 e. The quantitative estimate of drug-likeness (QED) is 0.719. The predicted octanol–water partition coefficient (Wildman–Crippen LogP) is 1.73. The molecule has 0 radical (unpaired) electrons. The first-order valence-corrected chi connectivity index (χ1v) is 8.84. The highest BCUT2D eigenvalue weighted by atomic mass is 16.2. The highest BCUT2D eigenvalue weighted by molar-refractivity contribution is 5.77. The molecule has 0 unspecified atom stereocenters.